The molecule has 0 spiro atoms. The van der Waals surface area contributed by atoms with Crippen molar-refractivity contribution in [1.29, 1.82) is 0 Å². The zero-order valence-corrected chi connectivity index (χ0v) is 21.8. The number of hydrogen-bond donors (Lipinski definition) is 5. The van der Waals surface area contributed by atoms with Crippen LogP contribution >= 0.6 is 0 Å². The van der Waals surface area contributed by atoms with Gasteiger partial charge in [0.2, 0.25) is 5.91 Å². The largest absolute Gasteiger partial charge is 0.547 e. The van der Waals surface area contributed by atoms with E-state index < -0.39 is 83.3 Å². The number of likely N-dealkylation sites (N-methyl/N-ethyl adjacent to an activating group) is 1. The maximum absolute atomic E-state index is 14.6. The third kappa shape index (κ3) is 5.71. The molecule has 1 unspecified atom stereocenters. The van der Waals surface area contributed by atoms with Gasteiger partial charge in [-0.05, 0) is 42.7 Å². The lowest BCUT2D eigenvalue weighted by Crippen LogP contribution is -2.60. The minimum absolute atomic E-state index is 0.0250. The third-order valence-electron chi connectivity index (χ3n) is 6.78. The van der Waals surface area contributed by atoms with Crippen molar-refractivity contribution >= 4 is 42.8 Å². The molecule has 0 aliphatic carbocycles. The Kier molecular flexibility index (Phi) is 8.42. The van der Waals surface area contributed by atoms with Gasteiger partial charge in [0.05, 0.1) is 11.5 Å². The van der Waals surface area contributed by atoms with Crippen molar-refractivity contribution in [3.8, 4) is 5.75 Å². The van der Waals surface area contributed by atoms with Crippen molar-refractivity contribution in [2.24, 2.45) is 0 Å². The second-order valence-corrected chi connectivity index (χ2v) is 9.31. The van der Waals surface area contributed by atoms with Crippen molar-refractivity contribution < 1.29 is 57.4 Å². The van der Waals surface area contributed by atoms with E-state index in [0.29, 0.717) is 11.0 Å². The van der Waals surface area contributed by atoms with Gasteiger partial charge >= 0.3 is 36.9 Å². The van der Waals surface area contributed by atoms with Crippen LogP contribution in [-0.4, -0.2) is 93.4 Å². The lowest BCUT2D eigenvalue weighted by Gasteiger charge is -2.33. The summed E-state index contributed by atoms with van der Waals surface area (Å²) in [5.74, 6) is -10.5. The van der Waals surface area contributed by atoms with E-state index in [9.17, 15) is 47.7 Å². The average Bonchev–Trinajstić information content (AvgIpc) is 2.93. The van der Waals surface area contributed by atoms with E-state index in [1.165, 1.54) is 11.0 Å². The van der Waals surface area contributed by atoms with E-state index in [4.69, 9.17) is 9.76 Å². The summed E-state index contributed by atoms with van der Waals surface area (Å²) >= 11 is 0. The Labute approximate surface area is 236 Å². The Morgan fingerprint density at radius 2 is 1.76 bits per heavy atom. The molecule has 1 fully saturated rings. The van der Waals surface area contributed by atoms with Crippen molar-refractivity contribution in [2.75, 3.05) is 19.6 Å². The summed E-state index contributed by atoms with van der Waals surface area (Å²) in [5, 5.41) is 33.6. The zero-order chi connectivity index (χ0) is 30.9. The van der Waals surface area contributed by atoms with Gasteiger partial charge in [-0.15, -0.1) is 0 Å². The fraction of sp³-hybridized carbons (Fsp3) is 0.280. The molecular weight excluding hydrogens is 565 g/mol. The van der Waals surface area contributed by atoms with E-state index in [0.717, 1.165) is 18.2 Å². The summed E-state index contributed by atoms with van der Waals surface area (Å²) in [5.41, 5.74) is -1.68. The van der Waals surface area contributed by atoms with Gasteiger partial charge in [0.25, 0.3) is 0 Å². The summed E-state index contributed by atoms with van der Waals surface area (Å²) in [7, 11) is -1.88. The highest BCUT2D eigenvalue weighted by Crippen LogP contribution is 2.32. The fourth-order valence-electron chi connectivity index (χ4n) is 4.58. The number of hydrogen-bond acceptors (Lipinski definition) is 8. The number of carboxylic acids is 2. The molecule has 0 saturated carbocycles. The first-order valence-corrected chi connectivity index (χ1v) is 12.5. The molecule has 2 aliphatic rings. The van der Waals surface area contributed by atoms with Gasteiger partial charge in [0.15, 0.2) is 0 Å². The van der Waals surface area contributed by atoms with Crippen LogP contribution in [-0.2, 0) is 20.8 Å². The van der Waals surface area contributed by atoms with Gasteiger partial charge in [0.1, 0.15) is 29.0 Å². The maximum Gasteiger partial charge on any atom is 0.547 e. The summed E-state index contributed by atoms with van der Waals surface area (Å²) in [6.07, 6.45) is -0.248. The van der Waals surface area contributed by atoms with Crippen LogP contribution < -0.4 is 15.3 Å². The molecule has 2 aromatic carbocycles. The van der Waals surface area contributed by atoms with Gasteiger partial charge in [-0.2, -0.15) is 0 Å². The van der Waals surface area contributed by atoms with E-state index in [-0.39, 0.29) is 37.2 Å². The normalized spacial score (nSPS) is 17.2. The number of piperazine rings is 1. The predicted molar refractivity (Wildman–Crippen MR) is 136 cm³/mol. The molecule has 2 heterocycles. The molecule has 220 valence electrons. The number of benzene rings is 2. The van der Waals surface area contributed by atoms with Crippen LogP contribution in [0.2, 0.25) is 0 Å². The molecule has 17 heteroatoms. The molecule has 2 atom stereocenters. The van der Waals surface area contributed by atoms with Crippen molar-refractivity contribution in [3.05, 3.63) is 64.2 Å². The van der Waals surface area contributed by atoms with E-state index >= 15 is 0 Å². The number of carboxylic acid groups (broad SMARTS) is 2. The average molecular weight is 588 g/mol. The summed E-state index contributed by atoms with van der Waals surface area (Å²) in [4.78, 5) is 75.7. The van der Waals surface area contributed by atoms with Gasteiger partial charge in [-0.25, -0.2) is 23.2 Å². The van der Waals surface area contributed by atoms with E-state index in [1.807, 2.05) is 0 Å². The highest BCUT2D eigenvalue weighted by Gasteiger charge is 2.41. The van der Waals surface area contributed by atoms with Crippen LogP contribution in [0.4, 0.5) is 13.6 Å². The molecule has 42 heavy (non-hydrogen) atoms. The second kappa shape index (κ2) is 11.8. The topological polar surface area (TPSA) is 203 Å². The molecule has 5 amide bonds. The summed E-state index contributed by atoms with van der Waals surface area (Å²) in [6, 6.07) is 1.68. The van der Waals surface area contributed by atoms with Gasteiger partial charge in [0, 0.05) is 19.6 Å². The number of amides is 5. The molecule has 0 radical (unpaired) electrons. The zero-order valence-electron chi connectivity index (χ0n) is 21.8. The first-order chi connectivity index (χ1) is 19.8. The van der Waals surface area contributed by atoms with Crippen LogP contribution in [0, 0.1) is 11.6 Å². The molecule has 5 N–H and O–H groups in total. The Hall–Kier alpha value is -5.06. The molecule has 1 saturated heterocycles. The number of imide groups is 1. The minimum Gasteiger partial charge on any atom is -0.534 e. The van der Waals surface area contributed by atoms with Crippen molar-refractivity contribution in [2.45, 2.75) is 25.3 Å². The third-order valence-corrected chi connectivity index (χ3v) is 6.78. The van der Waals surface area contributed by atoms with Gasteiger partial charge in [-0.3, -0.25) is 19.3 Å². The Morgan fingerprint density at radius 3 is 2.38 bits per heavy atom. The SMILES string of the molecule is CCN1CCN(C(=O)NC(C(=O)N[C@H]2Cc3ccc(F)c(C(=O)O)c3OB2O)c2ccc(C(=O)O)c(F)c2)C(=O)C1=O. The number of nitrogens with one attached hydrogen (secondary N) is 2. The number of carbonyl (C=O) groups excluding carboxylic acids is 4. The van der Waals surface area contributed by atoms with Crippen molar-refractivity contribution in [1.82, 2.24) is 20.4 Å². The number of aromatic carboxylic acids is 2. The first-order valence-electron chi connectivity index (χ1n) is 12.5. The van der Waals surface area contributed by atoms with Crippen LogP contribution in [0.1, 0.15) is 44.8 Å². The number of halogens is 2. The number of rotatable bonds is 7. The Morgan fingerprint density at radius 1 is 1.05 bits per heavy atom. The van der Waals surface area contributed by atoms with Gasteiger partial charge in [-0.1, -0.05) is 12.1 Å². The van der Waals surface area contributed by atoms with Crippen LogP contribution in [0.5, 0.6) is 5.75 Å². The summed E-state index contributed by atoms with van der Waals surface area (Å²) in [6.45, 7) is 1.67. The first kappa shape index (κ1) is 29.9. The predicted octanol–water partition coefficient (Wildman–Crippen LogP) is -0.0578. The molecule has 2 aromatic rings. The monoisotopic (exact) mass is 588 g/mol. The molecule has 4 rings (SSSR count). The quantitative estimate of drug-likeness (QED) is 0.215. The van der Waals surface area contributed by atoms with Crippen molar-refractivity contribution in [3.63, 3.8) is 0 Å². The summed E-state index contributed by atoms with van der Waals surface area (Å²) < 4.78 is 33.8. The number of fused-ring (bicyclic) bond motifs is 1. The molecule has 0 bridgehead atoms. The maximum atomic E-state index is 14.6. The van der Waals surface area contributed by atoms with Crippen LogP contribution in [0.25, 0.3) is 0 Å². The molecule has 2 aliphatic heterocycles. The highest BCUT2D eigenvalue weighted by molar-refractivity contribution is 6.47. The van der Waals surface area contributed by atoms with Crippen LogP contribution in [0.3, 0.4) is 0 Å². The number of urea groups is 1. The standard InChI is InChI=1S/C25H23BF2N4O10/c1-2-31-7-8-32(22(35)21(31)34)25(40)30-18(11-3-5-13(23(36)37)15(28)9-11)20(33)29-16-10-12-4-6-14(27)17(24(38)39)19(12)42-26(16)41/h3-6,9,16,18,41H,2,7-8,10H2,1H3,(H,29,33)(H,30,40)(H,36,37)(H,38,39)/t16-,18?/m0/s1. The molecule has 14 nitrogen and oxygen atoms in total. The number of nitrogens with zero attached hydrogens (tertiary/aromatic N) is 2. The van der Waals surface area contributed by atoms with Gasteiger partial charge < -0.3 is 35.4 Å². The molecular formula is C25H23BF2N4O10. The fourth-order valence-corrected chi connectivity index (χ4v) is 4.58. The molecule has 0 aromatic heterocycles. The number of carbonyl (C=O) groups is 6. The second-order valence-electron chi connectivity index (χ2n) is 9.31. The Balaban J connectivity index is 1.62. The smallest absolute Gasteiger partial charge is 0.534 e. The minimum atomic E-state index is -1.88. The van der Waals surface area contributed by atoms with E-state index in [1.54, 1.807) is 6.92 Å². The Bertz CT molecular complexity index is 1510. The van der Waals surface area contributed by atoms with Crippen LogP contribution in [0.15, 0.2) is 30.3 Å². The lowest BCUT2D eigenvalue weighted by molar-refractivity contribution is -0.153. The highest BCUT2D eigenvalue weighted by atomic mass is 19.1. The lowest BCUT2D eigenvalue weighted by atomic mass is 9.72. The van der Waals surface area contributed by atoms with E-state index in [2.05, 4.69) is 10.6 Å².